The number of hydrogen-bond acceptors (Lipinski definition) is 3. The van der Waals surface area contributed by atoms with E-state index in [1.807, 2.05) is 13.0 Å². The Kier molecular flexibility index (Phi) is 7.47. The molecule has 0 fully saturated rings. The maximum Gasteiger partial charge on any atom is 0.227 e. The molecule has 0 aliphatic heterocycles. The Morgan fingerprint density at radius 3 is 2.69 bits per heavy atom. The van der Waals surface area contributed by atoms with Gasteiger partial charge in [-0.05, 0) is 18.6 Å². The van der Waals surface area contributed by atoms with Crippen LogP contribution in [0.2, 0.25) is 0 Å². The molecule has 1 aromatic rings. The number of pyridine rings is 1. The van der Waals surface area contributed by atoms with E-state index in [9.17, 15) is 4.79 Å². The Morgan fingerprint density at radius 1 is 1.50 bits per heavy atom. The van der Waals surface area contributed by atoms with Gasteiger partial charge in [-0.25, -0.2) is 4.98 Å². The van der Waals surface area contributed by atoms with Crippen LogP contribution in [0.15, 0.2) is 18.3 Å². The van der Waals surface area contributed by atoms with Crippen LogP contribution >= 0.6 is 0 Å². The first-order chi connectivity index (χ1) is 7.72. The van der Waals surface area contributed by atoms with Crippen molar-refractivity contribution in [2.24, 2.45) is 0 Å². The van der Waals surface area contributed by atoms with E-state index in [1.165, 1.54) is 0 Å². The molecule has 4 nitrogen and oxygen atoms in total. The molecule has 1 rings (SSSR count). The number of aromatic nitrogens is 1. The second-order valence-corrected chi connectivity index (χ2v) is 3.01. The van der Waals surface area contributed by atoms with Gasteiger partial charge in [-0.1, -0.05) is 6.07 Å². The van der Waals surface area contributed by atoms with Crippen molar-refractivity contribution in [2.45, 2.75) is 13.3 Å². The average Bonchev–Trinajstić information content (AvgIpc) is 2.32. The van der Waals surface area contributed by atoms with E-state index in [0.717, 1.165) is 5.56 Å². The van der Waals surface area contributed by atoms with Gasteiger partial charge in [0.1, 0.15) is 5.82 Å². The van der Waals surface area contributed by atoms with Gasteiger partial charge in [0.15, 0.2) is 0 Å². The molecule has 0 radical (unpaired) electrons. The average molecular weight is 220 g/mol. The zero-order valence-corrected chi connectivity index (χ0v) is 9.56. The number of aryl methyl sites for hydroxylation is 1. The van der Waals surface area contributed by atoms with Crippen LogP contribution in [0.5, 0.6) is 0 Å². The molecule has 0 unspecified atom stereocenters. The van der Waals surface area contributed by atoms with Gasteiger partial charge < -0.3 is 10.1 Å². The van der Waals surface area contributed by atoms with Crippen LogP contribution in [0, 0.1) is 19.8 Å². The highest BCUT2D eigenvalue weighted by molar-refractivity contribution is 5.89. The van der Waals surface area contributed by atoms with Crippen LogP contribution < -0.4 is 5.32 Å². The van der Waals surface area contributed by atoms with Gasteiger partial charge in [0.2, 0.25) is 5.91 Å². The number of methoxy groups -OCH3 is 1. The predicted octanol–water partition coefficient (Wildman–Crippen LogP) is 1.61. The van der Waals surface area contributed by atoms with Gasteiger partial charge in [-0.2, -0.15) is 0 Å². The fraction of sp³-hybridized carbons (Fsp3) is 0.333. The number of amides is 1. The summed E-state index contributed by atoms with van der Waals surface area (Å²) in [4.78, 5) is 15.3. The minimum Gasteiger partial charge on any atom is -0.384 e. The lowest BCUT2D eigenvalue weighted by atomic mass is 10.3. The third-order valence-corrected chi connectivity index (χ3v) is 1.71. The van der Waals surface area contributed by atoms with Crippen molar-refractivity contribution in [1.29, 1.82) is 0 Å². The summed E-state index contributed by atoms with van der Waals surface area (Å²) in [5, 5.41) is 2.67. The van der Waals surface area contributed by atoms with E-state index in [1.54, 1.807) is 19.4 Å². The molecule has 0 atom stereocenters. The number of carbonyl (C=O) groups is 1. The van der Waals surface area contributed by atoms with Gasteiger partial charge >= 0.3 is 0 Å². The third kappa shape index (κ3) is 5.78. The van der Waals surface area contributed by atoms with Crippen LogP contribution in [0.1, 0.15) is 12.0 Å². The summed E-state index contributed by atoms with van der Waals surface area (Å²) in [6.45, 7) is 2.38. The molecule has 1 amide bonds. The number of rotatable bonds is 4. The lowest BCUT2D eigenvalue weighted by Gasteiger charge is -2.03. The van der Waals surface area contributed by atoms with Crippen LogP contribution in [0.25, 0.3) is 0 Å². The van der Waals surface area contributed by atoms with Crippen LogP contribution in [0.3, 0.4) is 0 Å². The van der Waals surface area contributed by atoms with Crippen molar-refractivity contribution in [1.82, 2.24) is 4.98 Å². The first kappa shape index (κ1) is 14.1. The second-order valence-electron chi connectivity index (χ2n) is 3.01. The fourth-order valence-corrected chi connectivity index (χ4v) is 0.942. The van der Waals surface area contributed by atoms with Crippen LogP contribution in [-0.2, 0) is 9.53 Å². The molecule has 0 saturated carbocycles. The molecule has 1 N–H and O–H groups in total. The lowest BCUT2D eigenvalue weighted by molar-refractivity contribution is -0.117. The number of nitrogens with zero attached hydrogens (tertiary/aromatic N) is 1. The standard InChI is InChI=1S/C10H14N2O2.C2H2/c1-8-3-4-9(11-7-8)12-10(13)5-6-14-2;1-2/h3-4,7H,5-6H2,1-2H3,(H,11,12,13);1-2H. The Balaban J connectivity index is 0.00000106. The Hall–Kier alpha value is -1.86. The van der Waals surface area contributed by atoms with Gasteiger partial charge in [-0.3, -0.25) is 4.79 Å². The van der Waals surface area contributed by atoms with E-state index < -0.39 is 0 Å². The molecule has 0 bridgehead atoms. The van der Waals surface area contributed by atoms with E-state index in [0.29, 0.717) is 18.8 Å². The zero-order valence-electron chi connectivity index (χ0n) is 9.56. The fourth-order valence-electron chi connectivity index (χ4n) is 0.942. The summed E-state index contributed by atoms with van der Waals surface area (Å²) in [5.74, 6) is 0.500. The highest BCUT2D eigenvalue weighted by Gasteiger charge is 2.01. The zero-order chi connectivity index (χ0) is 12.4. The maximum atomic E-state index is 11.2. The smallest absolute Gasteiger partial charge is 0.227 e. The van der Waals surface area contributed by atoms with E-state index in [-0.39, 0.29) is 5.91 Å². The molecule has 0 aromatic carbocycles. The number of ether oxygens (including phenoxy) is 1. The number of carbonyl (C=O) groups excluding carboxylic acids is 1. The Labute approximate surface area is 96.0 Å². The lowest BCUT2D eigenvalue weighted by Crippen LogP contribution is -2.14. The van der Waals surface area contributed by atoms with E-state index >= 15 is 0 Å². The normalized spacial score (nSPS) is 8.75. The van der Waals surface area contributed by atoms with Gasteiger partial charge in [0.05, 0.1) is 13.0 Å². The van der Waals surface area contributed by atoms with Crippen molar-refractivity contribution in [2.75, 3.05) is 19.0 Å². The van der Waals surface area contributed by atoms with Crippen molar-refractivity contribution in [3.8, 4) is 12.8 Å². The van der Waals surface area contributed by atoms with Crippen LogP contribution in [-0.4, -0.2) is 24.6 Å². The topological polar surface area (TPSA) is 51.2 Å². The monoisotopic (exact) mass is 220 g/mol. The molecular formula is C12H16N2O2. The summed E-state index contributed by atoms with van der Waals surface area (Å²) in [5.41, 5.74) is 1.07. The van der Waals surface area contributed by atoms with Crippen molar-refractivity contribution < 1.29 is 9.53 Å². The van der Waals surface area contributed by atoms with E-state index in [2.05, 4.69) is 23.1 Å². The molecule has 1 aromatic heterocycles. The first-order valence-corrected chi connectivity index (χ1v) is 4.77. The SMILES string of the molecule is C#C.COCCC(=O)Nc1ccc(C)cn1. The molecule has 4 heteroatoms. The molecular weight excluding hydrogens is 204 g/mol. The van der Waals surface area contributed by atoms with E-state index in [4.69, 9.17) is 4.74 Å². The number of hydrogen-bond donors (Lipinski definition) is 1. The Bertz CT molecular complexity index is 331. The summed E-state index contributed by atoms with van der Waals surface area (Å²) in [6.07, 6.45) is 10.1. The minimum atomic E-state index is -0.0804. The van der Waals surface area contributed by atoms with Crippen molar-refractivity contribution in [3.63, 3.8) is 0 Å². The summed E-state index contributed by atoms with van der Waals surface area (Å²) in [6, 6.07) is 3.68. The largest absolute Gasteiger partial charge is 0.384 e. The molecule has 0 spiro atoms. The molecule has 86 valence electrons. The summed E-state index contributed by atoms with van der Waals surface area (Å²) in [7, 11) is 1.57. The second kappa shape index (κ2) is 8.45. The van der Waals surface area contributed by atoms with Crippen molar-refractivity contribution >= 4 is 11.7 Å². The minimum absolute atomic E-state index is 0.0804. The molecule has 0 aliphatic carbocycles. The number of terminal acetylenes is 1. The molecule has 0 saturated heterocycles. The van der Waals surface area contributed by atoms with Crippen LogP contribution in [0.4, 0.5) is 5.82 Å². The quantitative estimate of drug-likeness (QED) is 0.784. The molecule has 16 heavy (non-hydrogen) atoms. The maximum absolute atomic E-state index is 11.2. The van der Waals surface area contributed by atoms with Gasteiger partial charge in [0.25, 0.3) is 0 Å². The highest BCUT2D eigenvalue weighted by atomic mass is 16.5. The number of nitrogens with one attached hydrogen (secondary N) is 1. The highest BCUT2D eigenvalue weighted by Crippen LogP contribution is 2.03. The van der Waals surface area contributed by atoms with Crippen molar-refractivity contribution in [3.05, 3.63) is 23.9 Å². The Morgan fingerprint density at radius 2 is 2.19 bits per heavy atom. The third-order valence-electron chi connectivity index (χ3n) is 1.71. The molecule has 1 heterocycles. The summed E-state index contributed by atoms with van der Waals surface area (Å²) < 4.78 is 4.79. The first-order valence-electron chi connectivity index (χ1n) is 4.77. The predicted molar refractivity (Wildman–Crippen MR) is 64.0 cm³/mol. The van der Waals surface area contributed by atoms with Gasteiger partial charge in [-0.15, -0.1) is 12.8 Å². The van der Waals surface area contributed by atoms with Gasteiger partial charge in [0, 0.05) is 13.3 Å². The molecule has 0 aliphatic rings. The summed E-state index contributed by atoms with van der Waals surface area (Å²) >= 11 is 0. The number of anilines is 1.